The van der Waals surface area contributed by atoms with E-state index in [4.69, 9.17) is 4.74 Å². The van der Waals surface area contributed by atoms with Crippen LogP contribution in [0.4, 0.5) is 5.82 Å². The third-order valence-corrected chi connectivity index (χ3v) is 4.45. The van der Waals surface area contributed by atoms with Crippen LogP contribution < -0.4 is 5.32 Å². The predicted molar refractivity (Wildman–Crippen MR) is 112 cm³/mol. The maximum atomic E-state index is 12.4. The van der Waals surface area contributed by atoms with E-state index in [-0.39, 0.29) is 12.0 Å². The van der Waals surface area contributed by atoms with Crippen molar-refractivity contribution in [3.63, 3.8) is 0 Å². The number of carbonyl (C=O) groups is 2. The number of amides is 1. The largest absolute Gasteiger partial charge is 0.452 e. The van der Waals surface area contributed by atoms with Crippen LogP contribution in [0, 0.1) is 6.92 Å². The van der Waals surface area contributed by atoms with E-state index < -0.39 is 11.9 Å². The number of esters is 1. The first-order chi connectivity index (χ1) is 13.8. The smallest absolute Gasteiger partial charge is 0.338 e. The monoisotopic (exact) mass is 391 g/mol. The number of nitrogens with one attached hydrogen (secondary N) is 1. The lowest BCUT2D eigenvalue weighted by molar-refractivity contribution is -0.119. The maximum absolute atomic E-state index is 12.4. The molecule has 0 saturated carbocycles. The molecule has 3 aromatic rings. The summed E-state index contributed by atoms with van der Waals surface area (Å²) in [5.74, 6) is -0.423. The second kappa shape index (κ2) is 8.31. The second-order valence-corrected chi connectivity index (χ2v) is 7.85. The topological polar surface area (TPSA) is 73.2 Å². The van der Waals surface area contributed by atoms with Crippen LogP contribution in [0.5, 0.6) is 0 Å². The zero-order valence-electron chi connectivity index (χ0n) is 17.1. The van der Waals surface area contributed by atoms with Gasteiger partial charge >= 0.3 is 5.97 Å². The van der Waals surface area contributed by atoms with Crippen LogP contribution in [-0.2, 0) is 14.9 Å². The van der Waals surface area contributed by atoms with Crippen LogP contribution >= 0.6 is 0 Å². The molecule has 6 heteroatoms. The van der Waals surface area contributed by atoms with E-state index >= 15 is 0 Å². The Kier molecular flexibility index (Phi) is 5.82. The third kappa shape index (κ3) is 4.90. The first kappa shape index (κ1) is 20.3. The molecule has 0 atom stereocenters. The average molecular weight is 391 g/mol. The van der Waals surface area contributed by atoms with E-state index in [9.17, 15) is 9.59 Å². The lowest BCUT2D eigenvalue weighted by Crippen LogP contribution is -2.22. The van der Waals surface area contributed by atoms with Crippen molar-refractivity contribution in [2.75, 3.05) is 11.9 Å². The van der Waals surface area contributed by atoms with Crippen LogP contribution in [0.25, 0.3) is 5.69 Å². The van der Waals surface area contributed by atoms with Gasteiger partial charge < -0.3 is 10.1 Å². The molecule has 150 valence electrons. The van der Waals surface area contributed by atoms with Crippen LogP contribution in [0.2, 0.25) is 0 Å². The first-order valence-corrected chi connectivity index (χ1v) is 9.44. The van der Waals surface area contributed by atoms with Crippen molar-refractivity contribution >= 4 is 17.7 Å². The molecule has 1 heterocycles. The summed E-state index contributed by atoms with van der Waals surface area (Å²) in [5, 5.41) is 7.46. The number of rotatable bonds is 5. The molecule has 1 amide bonds. The molecule has 0 radical (unpaired) electrons. The highest BCUT2D eigenvalue weighted by molar-refractivity contribution is 5.95. The van der Waals surface area contributed by atoms with E-state index in [2.05, 4.69) is 31.2 Å². The van der Waals surface area contributed by atoms with Gasteiger partial charge in [-0.1, -0.05) is 57.2 Å². The number of benzene rings is 2. The number of aryl methyl sites for hydroxylation is 1. The van der Waals surface area contributed by atoms with E-state index in [0.717, 1.165) is 16.9 Å². The summed E-state index contributed by atoms with van der Waals surface area (Å²) in [5.41, 5.74) is 2.74. The molecule has 0 spiro atoms. The van der Waals surface area contributed by atoms with Gasteiger partial charge in [-0.15, -0.1) is 0 Å². The molecule has 0 saturated heterocycles. The Morgan fingerprint density at radius 2 is 1.69 bits per heavy atom. The van der Waals surface area contributed by atoms with Gasteiger partial charge in [0, 0.05) is 11.5 Å². The molecule has 3 rings (SSSR count). The molecule has 1 aromatic heterocycles. The molecule has 0 aliphatic carbocycles. The fraction of sp³-hybridized carbons (Fsp3) is 0.261. The number of hydrogen-bond acceptors (Lipinski definition) is 4. The van der Waals surface area contributed by atoms with E-state index in [1.54, 1.807) is 16.8 Å². The molecule has 29 heavy (non-hydrogen) atoms. The van der Waals surface area contributed by atoms with Crippen LogP contribution in [0.3, 0.4) is 0 Å². The van der Waals surface area contributed by atoms with Crippen molar-refractivity contribution in [1.82, 2.24) is 9.78 Å². The summed E-state index contributed by atoms with van der Waals surface area (Å²) in [4.78, 5) is 24.7. The standard InChI is InChI=1S/C23H25N3O3/c1-16-10-8-9-13-18(16)22(28)29-15-21(27)24-20-14-19(23(2,3)4)25-26(20)17-11-6-5-7-12-17/h5-14H,15H2,1-4H3,(H,24,27). The minimum absolute atomic E-state index is 0.184. The summed E-state index contributed by atoms with van der Waals surface area (Å²) in [7, 11) is 0. The quantitative estimate of drug-likeness (QED) is 0.659. The minimum Gasteiger partial charge on any atom is -0.452 e. The Bertz CT molecular complexity index is 1020. The normalized spacial score (nSPS) is 11.2. The van der Waals surface area contributed by atoms with Crippen LogP contribution in [0.15, 0.2) is 60.7 Å². The summed E-state index contributed by atoms with van der Waals surface area (Å²) in [6, 6.07) is 18.5. The third-order valence-electron chi connectivity index (χ3n) is 4.45. The summed E-state index contributed by atoms with van der Waals surface area (Å²) < 4.78 is 6.86. The van der Waals surface area contributed by atoms with Gasteiger partial charge in [0.15, 0.2) is 6.61 Å². The van der Waals surface area contributed by atoms with Gasteiger partial charge in [-0.25, -0.2) is 9.48 Å². The van der Waals surface area contributed by atoms with Crippen molar-refractivity contribution < 1.29 is 14.3 Å². The van der Waals surface area contributed by atoms with E-state index in [1.807, 2.05) is 55.5 Å². The molecule has 0 unspecified atom stereocenters. The van der Waals surface area contributed by atoms with Crippen molar-refractivity contribution in [3.05, 3.63) is 77.5 Å². The molecular weight excluding hydrogens is 366 g/mol. The highest BCUT2D eigenvalue weighted by Crippen LogP contribution is 2.26. The van der Waals surface area contributed by atoms with Crippen molar-refractivity contribution in [2.24, 2.45) is 0 Å². The zero-order valence-corrected chi connectivity index (χ0v) is 17.1. The Morgan fingerprint density at radius 3 is 2.34 bits per heavy atom. The Hall–Kier alpha value is -3.41. The minimum atomic E-state index is -0.523. The molecule has 6 nitrogen and oxygen atoms in total. The van der Waals surface area contributed by atoms with Crippen molar-refractivity contribution in [1.29, 1.82) is 0 Å². The Balaban J connectivity index is 1.75. The predicted octanol–water partition coefficient (Wildman–Crippen LogP) is 4.27. The van der Waals surface area contributed by atoms with Crippen molar-refractivity contribution in [3.8, 4) is 5.69 Å². The van der Waals surface area contributed by atoms with Crippen LogP contribution in [0.1, 0.15) is 42.4 Å². The van der Waals surface area contributed by atoms with Crippen LogP contribution in [-0.4, -0.2) is 28.3 Å². The number of hydrogen-bond donors (Lipinski definition) is 1. The molecular formula is C23H25N3O3. The van der Waals surface area contributed by atoms with Crippen molar-refractivity contribution in [2.45, 2.75) is 33.1 Å². The summed E-state index contributed by atoms with van der Waals surface area (Å²) in [6.07, 6.45) is 0. The molecule has 0 fully saturated rings. The Labute approximate surface area is 170 Å². The van der Waals surface area contributed by atoms with Gasteiger partial charge in [-0.2, -0.15) is 5.10 Å². The number of nitrogens with zero attached hydrogens (tertiary/aromatic N) is 2. The van der Waals surface area contributed by atoms with Gasteiger partial charge in [-0.3, -0.25) is 4.79 Å². The molecule has 1 N–H and O–H groups in total. The summed E-state index contributed by atoms with van der Waals surface area (Å²) in [6.45, 7) is 7.61. The lowest BCUT2D eigenvalue weighted by Gasteiger charge is -2.14. The number of para-hydroxylation sites is 1. The van der Waals surface area contributed by atoms with Gasteiger partial charge in [0.2, 0.25) is 0 Å². The summed E-state index contributed by atoms with van der Waals surface area (Å²) >= 11 is 0. The lowest BCUT2D eigenvalue weighted by atomic mass is 9.92. The fourth-order valence-corrected chi connectivity index (χ4v) is 2.79. The number of anilines is 1. The highest BCUT2D eigenvalue weighted by atomic mass is 16.5. The van der Waals surface area contributed by atoms with Gasteiger partial charge in [-0.05, 0) is 30.7 Å². The molecule has 2 aromatic carbocycles. The Morgan fingerprint density at radius 1 is 1.03 bits per heavy atom. The second-order valence-electron chi connectivity index (χ2n) is 7.85. The first-order valence-electron chi connectivity index (χ1n) is 9.44. The van der Waals surface area contributed by atoms with Gasteiger partial charge in [0.25, 0.3) is 5.91 Å². The average Bonchev–Trinajstić information content (AvgIpc) is 3.11. The number of carbonyl (C=O) groups excluding carboxylic acids is 2. The van der Waals surface area contributed by atoms with E-state index in [0.29, 0.717) is 11.4 Å². The number of aromatic nitrogens is 2. The SMILES string of the molecule is Cc1ccccc1C(=O)OCC(=O)Nc1cc(C(C)(C)C)nn1-c1ccccc1. The zero-order chi connectivity index (χ0) is 21.0. The van der Waals surface area contributed by atoms with Gasteiger partial charge in [0.05, 0.1) is 16.9 Å². The van der Waals surface area contributed by atoms with E-state index in [1.165, 1.54) is 0 Å². The fourth-order valence-electron chi connectivity index (χ4n) is 2.79. The molecule has 0 aliphatic heterocycles. The maximum Gasteiger partial charge on any atom is 0.338 e. The van der Waals surface area contributed by atoms with Gasteiger partial charge in [0.1, 0.15) is 5.82 Å². The number of ether oxygens (including phenoxy) is 1. The molecule has 0 bridgehead atoms. The highest BCUT2D eigenvalue weighted by Gasteiger charge is 2.22. The molecule has 0 aliphatic rings.